The Bertz CT molecular complexity index is 640. The first-order chi connectivity index (χ1) is 8.88. The van der Waals surface area contributed by atoms with Crippen LogP contribution in [0.4, 0.5) is 0 Å². The van der Waals surface area contributed by atoms with E-state index in [1.807, 2.05) is 18.5 Å². The first-order valence-corrected chi connectivity index (χ1v) is 6.44. The van der Waals surface area contributed by atoms with Crippen LogP contribution in [-0.4, -0.2) is 15.8 Å². The predicted molar refractivity (Wildman–Crippen MR) is 77.7 cm³/mol. The normalized spacial score (nSPS) is 10.8. The van der Waals surface area contributed by atoms with Gasteiger partial charge in [0.25, 0.3) is 0 Å². The van der Waals surface area contributed by atoms with Gasteiger partial charge in [-0.3, -0.25) is 4.79 Å². The third-order valence-corrected chi connectivity index (χ3v) is 4.06. The molecule has 1 aromatic heterocycles. The standard InChI is InChI=1S/C16H20N2O/c1-9-7-10(2)12(4)15(11(9)3)16-14(8-19)17-13(5)18(16)6/h7-8H,1-6H3. The number of benzene rings is 1. The Hall–Kier alpha value is -1.90. The van der Waals surface area contributed by atoms with Gasteiger partial charge in [0.05, 0.1) is 5.69 Å². The fourth-order valence-electron chi connectivity index (χ4n) is 2.59. The molecule has 1 aromatic carbocycles. The van der Waals surface area contributed by atoms with E-state index in [0.717, 1.165) is 23.4 Å². The molecule has 0 N–H and O–H groups in total. The number of nitrogens with zero attached hydrogens (tertiary/aromatic N) is 2. The number of aldehydes is 1. The average Bonchev–Trinajstić information content (AvgIpc) is 2.64. The van der Waals surface area contributed by atoms with Crippen LogP contribution >= 0.6 is 0 Å². The van der Waals surface area contributed by atoms with E-state index in [0.29, 0.717) is 5.69 Å². The zero-order valence-electron chi connectivity index (χ0n) is 12.5. The average molecular weight is 256 g/mol. The van der Waals surface area contributed by atoms with Crippen molar-refractivity contribution in [3.63, 3.8) is 0 Å². The van der Waals surface area contributed by atoms with Gasteiger partial charge in [-0.1, -0.05) is 6.07 Å². The highest BCUT2D eigenvalue weighted by atomic mass is 16.1. The third-order valence-electron chi connectivity index (χ3n) is 4.06. The van der Waals surface area contributed by atoms with Crippen LogP contribution in [0.5, 0.6) is 0 Å². The Labute approximate surface area is 114 Å². The van der Waals surface area contributed by atoms with Gasteiger partial charge in [-0.15, -0.1) is 0 Å². The van der Waals surface area contributed by atoms with Crippen LogP contribution in [0.3, 0.4) is 0 Å². The summed E-state index contributed by atoms with van der Waals surface area (Å²) in [5.74, 6) is 0.857. The molecule has 100 valence electrons. The van der Waals surface area contributed by atoms with Crippen LogP contribution in [0.25, 0.3) is 11.3 Å². The lowest BCUT2D eigenvalue weighted by Crippen LogP contribution is -2.02. The van der Waals surface area contributed by atoms with E-state index < -0.39 is 0 Å². The molecule has 3 nitrogen and oxygen atoms in total. The molecule has 0 aliphatic heterocycles. The van der Waals surface area contributed by atoms with Crippen LogP contribution in [0.1, 0.15) is 38.6 Å². The largest absolute Gasteiger partial charge is 0.331 e. The Kier molecular flexibility index (Phi) is 3.31. The molecule has 3 heteroatoms. The molecule has 0 spiro atoms. The molecule has 0 fully saturated rings. The summed E-state index contributed by atoms with van der Waals surface area (Å²) in [7, 11) is 1.96. The van der Waals surface area contributed by atoms with Gasteiger partial charge in [-0.05, 0) is 56.9 Å². The maximum absolute atomic E-state index is 11.3. The summed E-state index contributed by atoms with van der Waals surface area (Å²) in [4.78, 5) is 15.6. The number of hydrogen-bond acceptors (Lipinski definition) is 2. The van der Waals surface area contributed by atoms with Gasteiger partial charge in [0.2, 0.25) is 0 Å². The highest BCUT2D eigenvalue weighted by molar-refractivity contribution is 5.86. The SMILES string of the molecule is Cc1cc(C)c(C)c(-c2c(C=O)nc(C)n2C)c1C. The Morgan fingerprint density at radius 1 is 1.05 bits per heavy atom. The summed E-state index contributed by atoms with van der Waals surface area (Å²) in [5, 5.41) is 0. The van der Waals surface area contributed by atoms with Crippen LogP contribution in [-0.2, 0) is 7.05 Å². The zero-order chi connectivity index (χ0) is 14.3. The van der Waals surface area contributed by atoms with Crippen LogP contribution in [0, 0.1) is 34.6 Å². The number of rotatable bonds is 2. The minimum atomic E-state index is 0.524. The van der Waals surface area contributed by atoms with Crippen molar-refractivity contribution in [1.82, 2.24) is 9.55 Å². The van der Waals surface area contributed by atoms with Crippen molar-refractivity contribution in [2.45, 2.75) is 34.6 Å². The second kappa shape index (κ2) is 4.65. The molecule has 2 aromatic rings. The summed E-state index contributed by atoms with van der Waals surface area (Å²) in [6.45, 7) is 10.3. The first-order valence-electron chi connectivity index (χ1n) is 6.44. The van der Waals surface area contributed by atoms with Crippen molar-refractivity contribution in [3.05, 3.63) is 39.8 Å². The maximum Gasteiger partial charge on any atom is 0.170 e. The van der Waals surface area contributed by atoms with Crippen molar-refractivity contribution in [3.8, 4) is 11.3 Å². The lowest BCUT2D eigenvalue weighted by molar-refractivity contribution is 0.112. The molecule has 0 radical (unpaired) electrons. The number of carbonyl (C=O) groups is 1. The Morgan fingerprint density at radius 3 is 2.05 bits per heavy atom. The minimum Gasteiger partial charge on any atom is -0.331 e. The van der Waals surface area contributed by atoms with Crippen molar-refractivity contribution in [2.75, 3.05) is 0 Å². The molecule has 0 unspecified atom stereocenters. The van der Waals surface area contributed by atoms with Gasteiger partial charge in [0, 0.05) is 12.6 Å². The van der Waals surface area contributed by atoms with E-state index in [1.165, 1.54) is 22.3 Å². The number of carbonyl (C=O) groups excluding carboxylic acids is 1. The molecule has 0 saturated heterocycles. The molecule has 0 amide bonds. The minimum absolute atomic E-state index is 0.524. The van der Waals surface area contributed by atoms with Crippen molar-refractivity contribution < 1.29 is 4.79 Å². The monoisotopic (exact) mass is 256 g/mol. The topological polar surface area (TPSA) is 34.9 Å². The summed E-state index contributed by atoms with van der Waals surface area (Å²) in [6, 6.07) is 2.19. The summed E-state index contributed by atoms with van der Waals surface area (Å²) < 4.78 is 2.00. The predicted octanol–water partition coefficient (Wildman–Crippen LogP) is 3.44. The van der Waals surface area contributed by atoms with Crippen molar-refractivity contribution in [2.24, 2.45) is 7.05 Å². The molecule has 19 heavy (non-hydrogen) atoms. The summed E-state index contributed by atoms with van der Waals surface area (Å²) in [6.07, 6.45) is 0.846. The molecule has 2 rings (SSSR count). The van der Waals surface area contributed by atoms with E-state index in [-0.39, 0.29) is 0 Å². The second-order valence-electron chi connectivity index (χ2n) is 5.21. The van der Waals surface area contributed by atoms with Gasteiger partial charge in [0.15, 0.2) is 6.29 Å². The van der Waals surface area contributed by atoms with E-state index in [2.05, 4.69) is 38.7 Å². The third kappa shape index (κ3) is 1.99. The molecular weight excluding hydrogens is 236 g/mol. The quantitative estimate of drug-likeness (QED) is 0.771. The Balaban J connectivity index is 2.90. The fourth-order valence-corrected chi connectivity index (χ4v) is 2.59. The fraction of sp³-hybridized carbons (Fsp3) is 0.375. The van der Waals surface area contributed by atoms with E-state index in [9.17, 15) is 4.79 Å². The van der Waals surface area contributed by atoms with E-state index in [4.69, 9.17) is 0 Å². The number of aromatic nitrogens is 2. The van der Waals surface area contributed by atoms with E-state index >= 15 is 0 Å². The van der Waals surface area contributed by atoms with Crippen molar-refractivity contribution in [1.29, 1.82) is 0 Å². The summed E-state index contributed by atoms with van der Waals surface area (Å²) >= 11 is 0. The molecule has 0 aliphatic rings. The second-order valence-corrected chi connectivity index (χ2v) is 5.21. The van der Waals surface area contributed by atoms with Gasteiger partial charge in [0.1, 0.15) is 11.5 Å². The van der Waals surface area contributed by atoms with Crippen LogP contribution < -0.4 is 0 Å². The molecule has 0 atom stereocenters. The van der Waals surface area contributed by atoms with Gasteiger partial charge in [-0.2, -0.15) is 0 Å². The van der Waals surface area contributed by atoms with Gasteiger partial charge in [-0.25, -0.2) is 4.98 Å². The number of hydrogen-bond donors (Lipinski definition) is 0. The molecule has 0 bridgehead atoms. The molecular formula is C16H20N2O. The molecule has 0 aliphatic carbocycles. The molecule has 0 saturated carbocycles. The lowest BCUT2D eigenvalue weighted by atomic mass is 9.91. The van der Waals surface area contributed by atoms with E-state index in [1.54, 1.807) is 0 Å². The maximum atomic E-state index is 11.3. The Morgan fingerprint density at radius 2 is 1.58 bits per heavy atom. The zero-order valence-corrected chi connectivity index (χ0v) is 12.5. The highest BCUT2D eigenvalue weighted by Gasteiger charge is 2.19. The highest BCUT2D eigenvalue weighted by Crippen LogP contribution is 2.33. The van der Waals surface area contributed by atoms with Crippen LogP contribution in [0.15, 0.2) is 6.07 Å². The van der Waals surface area contributed by atoms with Crippen molar-refractivity contribution >= 4 is 6.29 Å². The van der Waals surface area contributed by atoms with Gasteiger partial charge >= 0.3 is 0 Å². The van der Waals surface area contributed by atoms with Gasteiger partial charge < -0.3 is 4.57 Å². The summed E-state index contributed by atoms with van der Waals surface area (Å²) in [5.41, 5.74) is 7.51. The lowest BCUT2D eigenvalue weighted by Gasteiger charge is -2.16. The van der Waals surface area contributed by atoms with Crippen LogP contribution in [0.2, 0.25) is 0 Å². The first kappa shape index (κ1) is 13.5. The molecule has 1 heterocycles. The number of imidazole rings is 1. The number of aryl methyl sites for hydroxylation is 3. The smallest absolute Gasteiger partial charge is 0.170 e.